The largest absolute Gasteiger partial charge is 0.481 e. The number of carboxylic acid groups (broad SMARTS) is 1. The van der Waals surface area contributed by atoms with Crippen molar-refractivity contribution in [3.05, 3.63) is 11.8 Å². The Morgan fingerprint density at radius 2 is 1.88 bits per heavy atom. The molecule has 0 aliphatic rings. The summed E-state index contributed by atoms with van der Waals surface area (Å²) in [7, 11) is 0. The standard InChI is InChI=1S/C11H18N2O3/c1-2-3-4-5-6-9-12-13-10(16-9)7-8-11(14)15/h2-8H2,1H3,(H,14,15). The first-order chi connectivity index (χ1) is 7.72. The maximum Gasteiger partial charge on any atom is 0.303 e. The van der Waals surface area contributed by atoms with E-state index in [1.165, 1.54) is 19.3 Å². The third-order valence-corrected chi connectivity index (χ3v) is 2.31. The van der Waals surface area contributed by atoms with E-state index in [0.29, 0.717) is 18.2 Å². The van der Waals surface area contributed by atoms with Gasteiger partial charge in [-0.3, -0.25) is 4.79 Å². The third-order valence-electron chi connectivity index (χ3n) is 2.31. The van der Waals surface area contributed by atoms with Crippen molar-refractivity contribution in [2.75, 3.05) is 0 Å². The van der Waals surface area contributed by atoms with Crippen LogP contribution in [-0.2, 0) is 17.6 Å². The first kappa shape index (κ1) is 12.7. The molecule has 0 saturated carbocycles. The Morgan fingerprint density at radius 3 is 2.50 bits per heavy atom. The zero-order chi connectivity index (χ0) is 11.8. The van der Waals surface area contributed by atoms with Crippen LogP contribution in [0, 0.1) is 0 Å². The molecular weight excluding hydrogens is 208 g/mol. The Balaban J connectivity index is 2.25. The second-order valence-electron chi connectivity index (χ2n) is 3.79. The lowest BCUT2D eigenvalue weighted by atomic mass is 10.1. The van der Waals surface area contributed by atoms with E-state index in [0.717, 1.165) is 12.8 Å². The number of aryl methyl sites for hydroxylation is 2. The summed E-state index contributed by atoms with van der Waals surface area (Å²) in [5.41, 5.74) is 0. The minimum atomic E-state index is -0.845. The van der Waals surface area contributed by atoms with Gasteiger partial charge >= 0.3 is 5.97 Å². The third kappa shape index (κ3) is 4.91. The molecule has 5 nitrogen and oxygen atoms in total. The summed E-state index contributed by atoms with van der Waals surface area (Å²) >= 11 is 0. The van der Waals surface area contributed by atoms with E-state index in [1.807, 2.05) is 0 Å². The van der Waals surface area contributed by atoms with Gasteiger partial charge in [-0.15, -0.1) is 10.2 Å². The predicted octanol–water partition coefficient (Wildman–Crippen LogP) is 2.21. The molecule has 1 N–H and O–H groups in total. The van der Waals surface area contributed by atoms with Crippen LogP contribution in [0.25, 0.3) is 0 Å². The van der Waals surface area contributed by atoms with Gasteiger partial charge in [-0.1, -0.05) is 26.2 Å². The lowest BCUT2D eigenvalue weighted by molar-refractivity contribution is -0.137. The molecule has 0 aliphatic carbocycles. The van der Waals surface area contributed by atoms with Crippen molar-refractivity contribution >= 4 is 5.97 Å². The maximum atomic E-state index is 10.3. The van der Waals surface area contributed by atoms with Gasteiger partial charge < -0.3 is 9.52 Å². The number of hydrogen-bond acceptors (Lipinski definition) is 4. The van der Waals surface area contributed by atoms with Crippen molar-refractivity contribution in [2.45, 2.75) is 51.9 Å². The highest BCUT2D eigenvalue weighted by Crippen LogP contribution is 2.08. The topological polar surface area (TPSA) is 76.2 Å². The fourth-order valence-electron chi connectivity index (χ4n) is 1.41. The highest BCUT2D eigenvalue weighted by molar-refractivity contribution is 5.66. The monoisotopic (exact) mass is 226 g/mol. The molecule has 0 saturated heterocycles. The van der Waals surface area contributed by atoms with Gasteiger partial charge in [-0.25, -0.2) is 0 Å². The molecule has 0 aromatic carbocycles. The quantitative estimate of drug-likeness (QED) is 0.688. The van der Waals surface area contributed by atoms with Crippen LogP contribution in [0.5, 0.6) is 0 Å². The number of carbonyl (C=O) groups is 1. The summed E-state index contributed by atoms with van der Waals surface area (Å²) in [5.74, 6) is 0.201. The summed E-state index contributed by atoms with van der Waals surface area (Å²) in [6, 6.07) is 0. The van der Waals surface area contributed by atoms with Crippen molar-refractivity contribution in [1.82, 2.24) is 10.2 Å². The van der Waals surface area contributed by atoms with Crippen LogP contribution in [0.3, 0.4) is 0 Å². The molecule has 90 valence electrons. The molecule has 0 unspecified atom stereocenters. The molecule has 0 spiro atoms. The van der Waals surface area contributed by atoms with Crippen molar-refractivity contribution < 1.29 is 14.3 Å². The molecule has 1 rings (SSSR count). The smallest absolute Gasteiger partial charge is 0.303 e. The molecule has 0 bridgehead atoms. The first-order valence-electron chi connectivity index (χ1n) is 5.75. The van der Waals surface area contributed by atoms with Gasteiger partial charge in [0.2, 0.25) is 11.8 Å². The molecule has 1 aromatic heterocycles. The van der Waals surface area contributed by atoms with Crippen LogP contribution in [-0.4, -0.2) is 21.3 Å². The second kappa shape index (κ2) is 6.98. The van der Waals surface area contributed by atoms with Gasteiger partial charge in [0.1, 0.15) is 0 Å². The molecule has 0 atom stereocenters. The summed E-state index contributed by atoms with van der Waals surface area (Å²) in [6.07, 6.45) is 5.79. The lowest BCUT2D eigenvalue weighted by Gasteiger charge is -1.94. The Labute approximate surface area is 94.9 Å². The van der Waals surface area contributed by atoms with E-state index in [9.17, 15) is 4.79 Å². The fourth-order valence-corrected chi connectivity index (χ4v) is 1.41. The molecule has 5 heteroatoms. The molecule has 0 radical (unpaired) electrons. The van der Waals surface area contributed by atoms with Gasteiger partial charge in [-0.05, 0) is 6.42 Å². The highest BCUT2D eigenvalue weighted by Gasteiger charge is 2.07. The molecule has 1 aromatic rings. The van der Waals surface area contributed by atoms with Gasteiger partial charge in [0.25, 0.3) is 0 Å². The molecule has 0 amide bonds. The maximum absolute atomic E-state index is 10.3. The van der Waals surface area contributed by atoms with Crippen LogP contribution in [0.1, 0.15) is 50.8 Å². The average molecular weight is 226 g/mol. The number of aliphatic carboxylic acids is 1. The molecule has 1 heterocycles. The summed E-state index contributed by atoms with van der Waals surface area (Å²) in [4.78, 5) is 10.3. The minimum Gasteiger partial charge on any atom is -0.481 e. The van der Waals surface area contributed by atoms with Crippen molar-refractivity contribution in [2.24, 2.45) is 0 Å². The van der Waals surface area contributed by atoms with E-state index >= 15 is 0 Å². The SMILES string of the molecule is CCCCCCc1nnc(CCC(=O)O)o1. The van der Waals surface area contributed by atoms with E-state index in [1.54, 1.807) is 0 Å². The van der Waals surface area contributed by atoms with Crippen molar-refractivity contribution in [1.29, 1.82) is 0 Å². The Hall–Kier alpha value is -1.39. The zero-order valence-corrected chi connectivity index (χ0v) is 9.61. The van der Waals surface area contributed by atoms with Crippen LogP contribution < -0.4 is 0 Å². The number of rotatable bonds is 8. The number of hydrogen-bond donors (Lipinski definition) is 1. The summed E-state index contributed by atoms with van der Waals surface area (Å²) in [6.45, 7) is 2.16. The first-order valence-corrected chi connectivity index (χ1v) is 5.75. The van der Waals surface area contributed by atoms with E-state index in [4.69, 9.17) is 9.52 Å². The van der Waals surface area contributed by atoms with Gasteiger partial charge in [0.15, 0.2) is 0 Å². The minimum absolute atomic E-state index is 0.0392. The number of unbranched alkanes of at least 4 members (excludes halogenated alkanes) is 3. The van der Waals surface area contributed by atoms with E-state index in [-0.39, 0.29) is 6.42 Å². The molecule has 0 fully saturated rings. The van der Waals surface area contributed by atoms with E-state index < -0.39 is 5.97 Å². The molecule has 0 aliphatic heterocycles. The summed E-state index contributed by atoms with van der Waals surface area (Å²) < 4.78 is 5.33. The summed E-state index contributed by atoms with van der Waals surface area (Å²) in [5, 5.41) is 16.2. The van der Waals surface area contributed by atoms with Crippen molar-refractivity contribution in [3.63, 3.8) is 0 Å². The van der Waals surface area contributed by atoms with Gasteiger partial charge in [0, 0.05) is 12.8 Å². The van der Waals surface area contributed by atoms with Gasteiger partial charge in [-0.2, -0.15) is 0 Å². The highest BCUT2D eigenvalue weighted by atomic mass is 16.4. The Morgan fingerprint density at radius 1 is 1.19 bits per heavy atom. The lowest BCUT2D eigenvalue weighted by Crippen LogP contribution is -1.97. The Kier molecular flexibility index (Phi) is 5.53. The molecule has 16 heavy (non-hydrogen) atoms. The number of nitrogens with zero attached hydrogens (tertiary/aromatic N) is 2. The van der Waals surface area contributed by atoms with Gasteiger partial charge in [0.05, 0.1) is 6.42 Å². The predicted molar refractivity (Wildman–Crippen MR) is 58.1 cm³/mol. The van der Waals surface area contributed by atoms with Crippen LogP contribution in [0.2, 0.25) is 0 Å². The second-order valence-corrected chi connectivity index (χ2v) is 3.79. The average Bonchev–Trinajstić information content (AvgIpc) is 2.70. The Bertz CT molecular complexity index is 323. The van der Waals surface area contributed by atoms with Crippen LogP contribution >= 0.6 is 0 Å². The van der Waals surface area contributed by atoms with Crippen LogP contribution in [0.4, 0.5) is 0 Å². The zero-order valence-electron chi connectivity index (χ0n) is 9.61. The van der Waals surface area contributed by atoms with E-state index in [2.05, 4.69) is 17.1 Å². The fraction of sp³-hybridized carbons (Fsp3) is 0.727. The molecular formula is C11H18N2O3. The van der Waals surface area contributed by atoms with Crippen LogP contribution in [0.15, 0.2) is 4.42 Å². The number of carboxylic acids is 1. The van der Waals surface area contributed by atoms with Crippen molar-refractivity contribution in [3.8, 4) is 0 Å². The number of aromatic nitrogens is 2. The normalized spacial score (nSPS) is 10.6.